The van der Waals surface area contributed by atoms with Gasteiger partial charge in [0.25, 0.3) is 0 Å². The SMILES string of the molecule is NC(=S)c1ccc(OCCc2cccnc2)c(F)c1. The molecule has 0 aliphatic heterocycles. The Morgan fingerprint density at radius 2 is 2.21 bits per heavy atom. The molecule has 0 spiro atoms. The van der Waals surface area contributed by atoms with Crippen molar-refractivity contribution in [1.82, 2.24) is 4.98 Å². The van der Waals surface area contributed by atoms with Crippen LogP contribution >= 0.6 is 12.2 Å². The van der Waals surface area contributed by atoms with Gasteiger partial charge in [-0.05, 0) is 29.8 Å². The number of ether oxygens (including phenoxy) is 1. The number of aromatic nitrogens is 1. The molecule has 3 nitrogen and oxygen atoms in total. The zero-order valence-corrected chi connectivity index (χ0v) is 11.0. The van der Waals surface area contributed by atoms with E-state index in [0.717, 1.165) is 5.56 Å². The summed E-state index contributed by atoms with van der Waals surface area (Å²) in [5.41, 5.74) is 6.96. The van der Waals surface area contributed by atoms with Crippen LogP contribution in [0.5, 0.6) is 5.75 Å². The van der Waals surface area contributed by atoms with Gasteiger partial charge in [-0.3, -0.25) is 4.98 Å². The summed E-state index contributed by atoms with van der Waals surface area (Å²) in [6, 6.07) is 8.26. The number of hydrogen-bond acceptors (Lipinski definition) is 3. The molecule has 0 amide bonds. The van der Waals surface area contributed by atoms with E-state index in [-0.39, 0.29) is 10.7 Å². The molecule has 0 saturated carbocycles. The standard InChI is InChI=1S/C14H13FN2OS/c15-12-8-11(14(16)19)3-4-13(12)18-7-5-10-2-1-6-17-9-10/h1-4,6,8-9H,5,7H2,(H2,16,19). The summed E-state index contributed by atoms with van der Waals surface area (Å²) in [5, 5.41) is 0. The van der Waals surface area contributed by atoms with Crippen LogP contribution in [-0.4, -0.2) is 16.6 Å². The van der Waals surface area contributed by atoms with Gasteiger partial charge in [0.05, 0.1) is 6.61 Å². The van der Waals surface area contributed by atoms with Crippen LogP contribution in [0.25, 0.3) is 0 Å². The van der Waals surface area contributed by atoms with Gasteiger partial charge in [0, 0.05) is 24.4 Å². The molecular formula is C14H13FN2OS. The van der Waals surface area contributed by atoms with Crippen molar-refractivity contribution in [3.8, 4) is 5.75 Å². The molecule has 1 heterocycles. The first kappa shape index (κ1) is 13.4. The topological polar surface area (TPSA) is 48.1 Å². The number of benzene rings is 1. The summed E-state index contributed by atoms with van der Waals surface area (Å²) in [7, 11) is 0. The highest BCUT2D eigenvalue weighted by molar-refractivity contribution is 7.80. The number of nitrogens with zero attached hydrogens (tertiary/aromatic N) is 1. The van der Waals surface area contributed by atoms with Gasteiger partial charge < -0.3 is 10.5 Å². The van der Waals surface area contributed by atoms with E-state index in [1.54, 1.807) is 18.5 Å². The molecule has 0 aliphatic rings. The molecule has 0 saturated heterocycles. The van der Waals surface area contributed by atoms with Gasteiger partial charge >= 0.3 is 0 Å². The molecule has 0 atom stereocenters. The number of rotatable bonds is 5. The molecular weight excluding hydrogens is 263 g/mol. The van der Waals surface area contributed by atoms with Crippen LogP contribution in [0.1, 0.15) is 11.1 Å². The summed E-state index contributed by atoms with van der Waals surface area (Å²) >= 11 is 4.78. The van der Waals surface area contributed by atoms with Crippen molar-refractivity contribution in [2.24, 2.45) is 5.73 Å². The monoisotopic (exact) mass is 276 g/mol. The van der Waals surface area contributed by atoms with Gasteiger partial charge in [-0.1, -0.05) is 18.3 Å². The van der Waals surface area contributed by atoms with Gasteiger partial charge in [0.1, 0.15) is 4.99 Å². The minimum Gasteiger partial charge on any atom is -0.490 e. The highest BCUT2D eigenvalue weighted by Gasteiger charge is 2.06. The largest absolute Gasteiger partial charge is 0.490 e. The van der Waals surface area contributed by atoms with Crippen LogP contribution in [0.3, 0.4) is 0 Å². The average Bonchev–Trinajstić information content (AvgIpc) is 2.41. The van der Waals surface area contributed by atoms with E-state index >= 15 is 0 Å². The molecule has 2 aromatic rings. The number of halogens is 1. The first-order valence-corrected chi connectivity index (χ1v) is 6.18. The van der Waals surface area contributed by atoms with E-state index < -0.39 is 5.82 Å². The summed E-state index contributed by atoms with van der Waals surface area (Å²) in [6.07, 6.45) is 4.14. The minimum absolute atomic E-state index is 0.167. The maximum Gasteiger partial charge on any atom is 0.165 e. The second-order valence-corrected chi connectivity index (χ2v) is 4.41. The maximum absolute atomic E-state index is 13.7. The molecule has 1 aromatic carbocycles. The normalized spacial score (nSPS) is 10.2. The molecule has 1 aromatic heterocycles. The Morgan fingerprint density at radius 3 is 2.84 bits per heavy atom. The van der Waals surface area contributed by atoms with Crippen LogP contribution in [0.2, 0.25) is 0 Å². The molecule has 0 radical (unpaired) electrons. The lowest BCUT2D eigenvalue weighted by molar-refractivity contribution is 0.305. The van der Waals surface area contributed by atoms with E-state index in [1.807, 2.05) is 12.1 Å². The molecule has 0 bridgehead atoms. The van der Waals surface area contributed by atoms with E-state index in [9.17, 15) is 4.39 Å². The van der Waals surface area contributed by atoms with Crippen LogP contribution in [0.15, 0.2) is 42.7 Å². The second kappa shape index (κ2) is 6.24. The van der Waals surface area contributed by atoms with Crippen molar-refractivity contribution < 1.29 is 9.13 Å². The molecule has 0 fully saturated rings. The lowest BCUT2D eigenvalue weighted by Gasteiger charge is -2.08. The van der Waals surface area contributed by atoms with E-state index in [1.165, 1.54) is 12.1 Å². The summed E-state index contributed by atoms with van der Waals surface area (Å²) in [6.45, 7) is 0.384. The van der Waals surface area contributed by atoms with Crippen molar-refractivity contribution in [2.45, 2.75) is 6.42 Å². The van der Waals surface area contributed by atoms with Crippen LogP contribution < -0.4 is 10.5 Å². The van der Waals surface area contributed by atoms with Crippen molar-refractivity contribution >= 4 is 17.2 Å². The van der Waals surface area contributed by atoms with Crippen LogP contribution in [0.4, 0.5) is 4.39 Å². The Hall–Kier alpha value is -2.01. The lowest BCUT2D eigenvalue weighted by Crippen LogP contribution is -2.10. The molecule has 98 valence electrons. The quantitative estimate of drug-likeness (QED) is 0.852. The number of thiocarbonyl (C=S) groups is 1. The summed E-state index contributed by atoms with van der Waals surface area (Å²) < 4.78 is 19.1. The minimum atomic E-state index is -0.462. The van der Waals surface area contributed by atoms with Crippen LogP contribution in [-0.2, 0) is 6.42 Å². The fraction of sp³-hybridized carbons (Fsp3) is 0.143. The third-order valence-electron chi connectivity index (χ3n) is 2.59. The molecule has 0 aliphatic carbocycles. The predicted octanol–water partition coefficient (Wildman–Crippen LogP) is 2.48. The fourth-order valence-corrected chi connectivity index (χ4v) is 1.72. The van der Waals surface area contributed by atoms with Crippen molar-refractivity contribution in [3.63, 3.8) is 0 Å². The zero-order valence-electron chi connectivity index (χ0n) is 10.2. The second-order valence-electron chi connectivity index (χ2n) is 3.97. The first-order valence-electron chi connectivity index (χ1n) is 5.78. The molecule has 19 heavy (non-hydrogen) atoms. The molecule has 2 N–H and O–H groups in total. The van der Waals surface area contributed by atoms with Crippen molar-refractivity contribution in [1.29, 1.82) is 0 Å². The Kier molecular flexibility index (Phi) is 4.41. The van der Waals surface area contributed by atoms with Gasteiger partial charge in [-0.25, -0.2) is 4.39 Å². The highest BCUT2D eigenvalue weighted by Crippen LogP contribution is 2.18. The molecule has 0 unspecified atom stereocenters. The van der Waals surface area contributed by atoms with Crippen molar-refractivity contribution in [2.75, 3.05) is 6.61 Å². The third kappa shape index (κ3) is 3.72. The van der Waals surface area contributed by atoms with Crippen molar-refractivity contribution in [3.05, 3.63) is 59.7 Å². The average molecular weight is 276 g/mol. The fourth-order valence-electron chi connectivity index (χ4n) is 1.60. The smallest absolute Gasteiger partial charge is 0.165 e. The Labute approximate surface area is 116 Å². The Morgan fingerprint density at radius 1 is 1.37 bits per heavy atom. The number of hydrogen-bond donors (Lipinski definition) is 1. The van der Waals surface area contributed by atoms with Gasteiger partial charge in [-0.15, -0.1) is 0 Å². The molecule has 2 rings (SSSR count). The Balaban J connectivity index is 1.95. The zero-order chi connectivity index (χ0) is 13.7. The van der Waals surface area contributed by atoms with Crippen LogP contribution in [0, 0.1) is 5.82 Å². The maximum atomic E-state index is 13.7. The third-order valence-corrected chi connectivity index (χ3v) is 2.82. The van der Waals surface area contributed by atoms with Gasteiger partial charge in [0.2, 0.25) is 0 Å². The predicted molar refractivity (Wildman–Crippen MR) is 75.7 cm³/mol. The first-order chi connectivity index (χ1) is 9.16. The van der Waals surface area contributed by atoms with Gasteiger partial charge in [-0.2, -0.15) is 0 Å². The van der Waals surface area contributed by atoms with E-state index in [2.05, 4.69) is 4.98 Å². The number of pyridine rings is 1. The van der Waals surface area contributed by atoms with Gasteiger partial charge in [0.15, 0.2) is 11.6 Å². The lowest BCUT2D eigenvalue weighted by atomic mass is 10.2. The summed E-state index contributed by atoms with van der Waals surface area (Å²) in [4.78, 5) is 4.17. The Bertz CT molecular complexity index is 575. The molecule has 5 heteroatoms. The summed E-state index contributed by atoms with van der Waals surface area (Å²) in [5.74, 6) is -0.264. The van der Waals surface area contributed by atoms with E-state index in [4.69, 9.17) is 22.7 Å². The highest BCUT2D eigenvalue weighted by atomic mass is 32.1. The van der Waals surface area contributed by atoms with E-state index in [0.29, 0.717) is 18.6 Å². The number of nitrogens with two attached hydrogens (primary N) is 1.